The molecular weight excluding hydrogens is 378 g/mol. The SMILES string of the molecule is COCCOC(=O)C1=C(C)Nc2nnnn2[C@@H]1c1ccccc1Br. The minimum Gasteiger partial charge on any atom is -0.460 e. The molecular formula is C15H16BrN5O3. The van der Waals surface area contributed by atoms with Crippen LogP contribution in [0.2, 0.25) is 0 Å². The fourth-order valence-electron chi connectivity index (χ4n) is 2.56. The fourth-order valence-corrected chi connectivity index (χ4v) is 3.06. The number of hydrogen-bond acceptors (Lipinski definition) is 7. The number of carbonyl (C=O) groups is 1. The molecule has 1 N–H and O–H groups in total. The van der Waals surface area contributed by atoms with E-state index in [-0.39, 0.29) is 6.61 Å². The molecule has 0 saturated heterocycles. The van der Waals surface area contributed by atoms with Crippen LogP contribution in [0.3, 0.4) is 0 Å². The van der Waals surface area contributed by atoms with Crippen LogP contribution in [-0.4, -0.2) is 46.5 Å². The topological polar surface area (TPSA) is 91.2 Å². The van der Waals surface area contributed by atoms with Crippen molar-refractivity contribution in [2.24, 2.45) is 0 Å². The second-order valence-corrected chi connectivity index (χ2v) is 6.02. The van der Waals surface area contributed by atoms with Gasteiger partial charge in [-0.25, -0.2) is 4.79 Å². The molecule has 126 valence electrons. The van der Waals surface area contributed by atoms with Crippen molar-refractivity contribution in [2.45, 2.75) is 13.0 Å². The van der Waals surface area contributed by atoms with Crippen LogP contribution in [-0.2, 0) is 14.3 Å². The van der Waals surface area contributed by atoms with E-state index in [0.717, 1.165) is 10.0 Å². The highest BCUT2D eigenvalue weighted by Crippen LogP contribution is 2.37. The molecule has 3 rings (SSSR count). The summed E-state index contributed by atoms with van der Waals surface area (Å²) < 4.78 is 12.7. The summed E-state index contributed by atoms with van der Waals surface area (Å²) in [6, 6.07) is 7.14. The second-order valence-electron chi connectivity index (χ2n) is 5.16. The summed E-state index contributed by atoms with van der Waals surface area (Å²) in [5, 5.41) is 14.7. The lowest BCUT2D eigenvalue weighted by Gasteiger charge is -2.28. The molecule has 9 heteroatoms. The quantitative estimate of drug-likeness (QED) is 0.612. The maximum Gasteiger partial charge on any atom is 0.338 e. The van der Waals surface area contributed by atoms with E-state index >= 15 is 0 Å². The normalized spacial score (nSPS) is 16.5. The van der Waals surface area contributed by atoms with E-state index in [1.807, 2.05) is 24.3 Å². The van der Waals surface area contributed by atoms with E-state index in [4.69, 9.17) is 9.47 Å². The summed E-state index contributed by atoms with van der Waals surface area (Å²) >= 11 is 3.54. The average Bonchev–Trinajstić information content (AvgIpc) is 3.02. The zero-order valence-corrected chi connectivity index (χ0v) is 14.8. The molecule has 2 aromatic rings. The Kier molecular flexibility index (Phi) is 4.91. The number of fused-ring (bicyclic) bond motifs is 1. The molecule has 0 spiro atoms. The van der Waals surface area contributed by atoms with Crippen LogP contribution >= 0.6 is 15.9 Å². The van der Waals surface area contributed by atoms with E-state index in [1.165, 1.54) is 0 Å². The number of methoxy groups -OCH3 is 1. The number of allylic oxidation sites excluding steroid dienone is 1. The smallest absolute Gasteiger partial charge is 0.338 e. The lowest BCUT2D eigenvalue weighted by molar-refractivity contribution is -0.140. The van der Waals surface area contributed by atoms with Crippen molar-refractivity contribution in [1.29, 1.82) is 0 Å². The summed E-state index contributed by atoms with van der Waals surface area (Å²) in [5.41, 5.74) is 1.98. The van der Waals surface area contributed by atoms with Gasteiger partial charge in [0.1, 0.15) is 12.6 Å². The zero-order chi connectivity index (χ0) is 17.1. The van der Waals surface area contributed by atoms with E-state index in [2.05, 4.69) is 36.8 Å². The predicted molar refractivity (Wildman–Crippen MR) is 89.3 cm³/mol. The van der Waals surface area contributed by atoms with Crippen LogP contribution in [0.1, 0.15) is 18.5 Å². The third-order valence-electron chi connectivity index (χ3n) is 3.65. The average molecular weight is 394 g/mol. The third-order valence-corrected chi connectivity index (χ3v) is 4.38. The Labute approximate surface area is 147 Å². The van der Waals surface area contributed by atoms with Gasteiger partial charge in [-0.2, -0.15) is 4.68 Å². The van der Waals surface area contributed by atoms with Crippen LogP contribution in [0, 0.1) is 0 Å². The van der Waals surface area contributed by atoms with E-state index in [1.54, 1.807) is 18.7 Å². The van der Waals surface area contributed by atoms with Crippen LogP contribution in [0.25, 0.3) is 0 Å². The van der Waals surface area contributed by atoms with Gasteiger partial charge in [-0.1, -0.05) is 39.2 Å². The Morgan fingerprint density at radius 3 is 2.92 bits per heavy atom. The summed E-state index contributed by atoms with van der Waals surface area (Å²) in [4.78, 5) is 12.6. The number of esters is 1. The number of rotatable bonds is 5. The number of aromatic nitrogens is 4. The van der Waals surface area contributed by atoms with E-state index in [0.29, 0.717) is 23.8 Å². The molecule has 1 aromatic carbocycles. The lowest BCUT2D eigenvalue weighted by atomic mass is 9.96. The molecule has 0 aliphatic carbocycles. The van der Waals surface area contributed by atoms with E-state index in [9.17, 15) is 4.79 Å². The molecule has 2 heterocycles. The Morgan fingerprint density at radius 2 is 2.17 bits per heavy atom. The molecule has 8 nitrogen and oxygen atoms in total. The number of anilines is 1. The minimum atomic E-state index is -0.484. The summed E-state index contributed by atoms with van der Waals surface area (Å²) in [7, 11) is 1.55. The molecule has 0 radical (unpaired) electrons. The predicted octanol–water partition coefficient (Wildman–Crippen LogP) is 1.91. The molecule has 1 aliphatic heterocycles. The first kappa shape index (κ1) is 16.6. The van der Waals surface area contributed by atoms with Gasteiger partial charge < -0.3 is 14.8 Å². The lowest BCUT2D eigenvalue weighted by Crippen LogP contribution is -2.30. The third kappa shape index (κ3) is 3.04. The number of tetrazole rings is 1. The molecule has 0 saturated carbocycles. The number of benzene rings is 1. The number of carbonyl (C=O) groups excluding carboxylic acids is 1. The van der Waals surface area contributed by atoms with Gasteiger partial charge in [0.2, 0.25) is 5.95 Å². The molecule has 0 amide bonds. The zero-order valence-electron chi connectivity index (χ0n) is 13.2. The van der Waals surface area contributed by atoms with Crippen molar-refractivity contribution in [3.8, 4) is 0 Å². The maximum atomic E-state index is 12.6. The van der Waals surface area contributed by atoms with Crippen molar-refractivity contribution in [3.05, 3.63) is 45.6 Å². The van der Waals surface area contributed by atoms with Crippen molar-refractivity contribution >= 4 is 27.8 Å². The monoisotopic (exact) mass is 393 g/mol. The Bertz CT molecular complexity index is 789. The first-order chi connectivity index (χ1) is 11.6. The molecule has 0 unspecified atom stereocenters. The molecule has 0 bridgehead atoms. The molecule has 24 heavy (non-hydrogen) atoms. The first-order valence-corrected chi connectivity index (χ1v) is 8.09. The van der Waals surface area contributed by atoms with Gasteiger partial charge in [0, 0.05) is 17.3 Å². The van der Waals surface area contributed by atoms with Gasteiger partial charge in [-0.15, -0.1) is 0 Å². The van der Waals surface area contributed by atoms with Gasteiger partial charge in [0.05, 0.1) is 12.2 Å². The largest absolute Gasteiger partial charge is 0.460 e. The number of hydrogen-bond donors (Lipinski definition) is 1. The van der Waals surface area contributed by atoms with Gasteiger partial charge >= 0.3 is 5.97 Å². The maximum absolute atomic E-state index is 12.6. The number of ether oxygens (including phenoxy) is 2. The van der Waals surface area contributed by atoms with Crippen LogP contribution in [0.15, 0.2) is 40.0 Å². The van der Waals surface area contributed by atoms with Gasteiger partial charge in [0.15, 0.2) is 0 Å². The highest BCUT2D eigenvalue weighted by molar-refractivity contribution is 9.10. The Morgan fingerprint density at radius 1 is 1.38 bits per heavy atom. The number of nitrogens with zero attached hydrogens (tertiary/aromatic N) is 4. The van der Waals surface area contributed by atoms with E-state index < -0.39 is 12.0 Å². The van der Waals surface area contributed by atoms with Crippen LogP contribution in [0.4, 0.5) is 5.95 Å². The van der Waals surface area contributed by atoms with Crippen LogP contribution < -0.4 is 5.32 Å². The second kappa shape index (κ2) is 7.10. The summed E-state index contributed by atoms with van der Waals surface area (Å²) in [6.07, 6.45) is 0. The van der Waals surface area contributed by atoms with Gasteiger partial charge in [-0.3, -0.25) is 0 Å². The van der Waals surface area contributed by atoms with Crippen LogP contribution in [0.5, 0.6) is 0 Å². The van der Waals surface area contributed by atoms with Gasteiger partial charge in [-0.05, 0) is 29.0 Å². The van der Waals surface area contributed by atoms with Gasteiger partial charge in [0.25, 0.3) is 0 Å². The molecule has 1 aliphatic rings. The summed E-state index contributed by atoms with van der Waals surface area (Å²) in [6.45, 7) is 2.31. The van der Waals surface area contributed by atoms with Crippen molar-refractivity contribution in [2.75, 3.05) is 25.6 Å². The number of halogens is 1. The molecule has 0 fully saturated rings. The van der Waals surface area contributed by atoms with Crippen molar-refractivity contribution < 1.29 is 14.3 Å². The van der Waals surface area contributed by atoms with Crippen molar-refractivity contribution in [3.63, 3.8) is 0 Å². The summed E-state index contributed by atoms with van der Waals surface area (Å²) in [5.74, 6) is 0.0423. The Balaban J connectivity index is 2.04. The molecule has 1 atom stereocenters. The molecule has 1 aromatic heterocycles. The first-order valence-electron chi connectivity index (χ1n) is 7.29. The Hall–Kier alpha value is -2.26. The highest BCUT2D eigenvalue weighted by atomic mass is 79.9. The minimum absolute atomic E-state index is 0.178. The van der Waals surface area contributed by atoms with Crippen molar-refractivity contribution in [1.82, 2.24) is 20.2 Å². The fraction of sp³-hybridized carbons (Fsp3) is 0.333. The highest BCUT2D eigenvalue weighted by Gasteiger charge is 2.35. The number of nitrogens with one attached hydrogen (secondary N) is 1. The standard InChI is InChI=1S/C15H16BrN5O3/c1-9-12(14(22)24-8-7-23-2)13(10-5-3-4-6-11(10)16)21-15(17-9)18-19-20-21/h3-6,13H,7-8H2,1-2H3,(H,17,18,20)/t13-/m1/s1.